The number of piperidine rings is 1. The van der Waals surface area contributed by atoms with Gasteiger partial charge in [0.2, 0.25) is 11.8 Å². The number of piperazine rings is 1. The van der Waals surface area contributed by atoms with Crippen LogP contribution in [0, 0.1) is 5.92 Å². The fourth-order valence-corrected chi connectivity index (χ4v) is 5.33. The summed E-state index contributed by atoms with van der Waals surface area (Å²) in [7, 11) is 0. The lowest BCUT2D eigenvalue weighted by molar-refractivity contribution is -0.133. The molecule has 0 spiro atoms. The summed E-state index contributed by atoms with van der Waals surface area (Å²) in [6.45, 7) is 8.22. The maximum absolute atomic E-state index is 13.5. The summed E-state index contributed by atoms with van der Waals surface area (Å²) in [4.78, 5) is 61.4. The Labute approximate surface area is 221 Å². The molecule has 2 saturated heterocycles. The summed E-state index contributed by atoms with van der Waals surface area (Å²) in [5, 5.41) is 0.597. The molecule has 2 aromatic rings. The van der Waals surface area contributed by atoms with E-state index in [2.05, 4.69) is 19.8 Å². The van der Waals surface area contributed by atoms with Crippen LogP contribution in [0.5, 0.6) is 0 Å². The lowest BCUT2D eigenvalue weighted by atomic mass is 9.94. The van der Waals surface area contributed by atoms with Gasteiger partial charge in [-0.05, 0) is 44.0 Å². The predicted octanol–water partition coefficient (Wildman–Crippen LogP) is 1.52. The molecule has 0 bridgehead atoms. The van der Waals surface area contributed by atoms with Crippen molar-refractivity contribution in [2.45, 2.75) is 32.7 Å². The van der Waals surface area contributed by atoms with Crippen LogP contribution in [0.3, 0.4) is 0 Å². The Morgan fingerprint density at radius 2 is 1.70 bits per heavy atom. The summed E-state index contributed by atoms with van der Waals surface area (Å²) in [6, 6.07) is 8.86. The first-order valence-electron chi connectivity index (χ1n) is 12.9. The van der Waals surface area contributed by atoms with Crippen molar-refractivity contribution in [2.24, 2.45) is 5.92 Å². The maximum atomic E-state index is 13.5. The van der Waals surface area contributed by atoms with E-state index in [4.69, 9.17) is 11.6 Å². The Kier molecular flexibility index (Phi) is 9.18. The van der Waals surface area contributed by atoms with E-state index in [9.17, 15) is 19.2 Å². The summed E-state index contributed by atoms with van der Waals surface area (Å²) in [5.41, 5.74) is 0.556. The second-order valence-corrected chi connectivity index (χ2v) is 10.3. The minimum Gasteiger partial charge on any atom is -0.343 e. The molecule has 0 atom stereocenters. The number of halogens is 1. The van der Waals surface area contributed by atoms with Crippen molar-refractivity contribution in [2.75, 3.05) is 57.3 Å². The van der Waals surface area contributed by atoms with Gasteiger partial charge in [0.1, 0.15) is 0 Å². The second-order valence-electron chi connectivity index (χ2n) is 9.83. The minimum absolute atomic E-state index is 0.0587. The number of hydrogen-bond acceptors (Lipinski definition) is 6. The highest BCUT2D eigenvalue weighted by molar-refractivity contribution is 6.30. The number of amides is 2. The molecule has 0 unspecified atom stereocenters. The van der Waals surface area contributed by atoms with E-state index in [0.717, 1.165) is 44.8 Å². The van der Waals surface area contributed by atoms with Gasteiger partial charge in [-0.15, -0.1) is 0 Å². The van der Waals surface area contributed by atoms with Crippen molar-refractivity contribution < 1.29 is 9.59 Å². The van der Waals surface area contributed by atoms with E-state index in [1.807, 2.05) is 23.1 Å². The van der Waals surface area contributed by atoms with Gasteiger partial charge in [0.25, 0.3) is 5.56 Å². The van der Waals surface area contributed by atoms with Crippen molar-refractivity contribution >= 4 is 29.1 Å². The highest BCUT2D eigenvalue weighted by Crippen LogP contribution is 2.26. The Bertz CT molecular complexity index is 1170. The Balaban J connectivity index is 1.30. The molecular weight excluding hydrogens is 496 g/mol. The van der Waals surface area contributed by atoms with Crippen molar-refractivity contribution in [1.82, 2.24) is 24.7 Å². The van der Waals surface area contributed by atoms with Gasteiger partial charge in [-0.3, -0.25) is 24.3 Å². The number of carbonyl (C=O) groups is 2. The monoisotopic (exact) mass is 530 g/mol. The molecular formula is C26H35ClN6O4. The molecule has 3 heterocycles. The topological polar surface area (TPSA) is 113 Å². The van der Waals surface area contributed by atoms with Gasteiger partial charge in [0.05, 0.1) is 0 Å². The number of anilines is 1. The van der Waals surface area contributed by atoms with Crippen LogP contribution in [0.2, 0.25) is 5.02 Å². The first-order chi connectivity index (χ1) is 17.8. The number of aromatic amines is 2. The quantitative estimate of drug-likeness (QED) is 0.535. The molecule has 2 amide bonds. The van der Waals surface area contributed by atoms with Gasteiger partial charge in [0.15, 0.2) is 0 Å². The fourth-order valence-electron chi connectivity index (χ4n) is 5.14. The van der Waals surface area contributed by atoms with Crippen LogP contribution in [-0.4, -0.2) is 88.8 Å². The van der Waals surface area contributed by atoms with E-state index < -0.39 is 5.69 Å². The van der Waals surface area contributed by atoms with Crippen molar-refractivity contribution in [3.8, 4) is 0 Å². The van der Waals surface area contributed by atoms with Crippen LogP contribution < -0.4 is 16.1 Å². The van der Waals surface area contributed by atoms with Gasteiger partial charge in [0, 0.05) is 87.7 Å². The van der Waals surface area contributed by atoms with Crippen LogP contribution in [-0.2, 0) is 16.1 Å². The van der Waals surface area contributed by atoms with Crippen molar-refractivity contribution in [3.05, 3.63) is 61.9 Å². The maximum Gasteiger partial charge on any atom is 0.325 e. The Hall–Kier alpha value is -2.95. The van der Waals surface area contributed by atoms with Crippen LogP contribution in [0.15, 0.2) is 39.9 Å². The van der Waals surface area contributed by atoms with E-state index in [1.54, 1.807) is 17.9 Å². The summed E-state index contributed by atoms with van der Waals surface area (Å²) >= 11 is 6.24. The summed E-state index contributed by atoms with van der Waals surface area (Å²) in [5.74, 6) is 0.0559. The molecule has 200 valence electrons. The molecule has 2 aliphatic heterocycles. The average molecular weight is 531 g/mol. The smallest absolute Gasteiger partial charge is 0.325 e. The molecule has 2 fully saturated rings. The van der Waals surface area contributed by atoms with Gasteiger partial charge in [-0.25, -0.2) is 4.79 Å². The number of rotatable bonds is 8. The second kappa shape index (κ2) is 12.5. The van der Waals surface area contributed by atoms with Crippen molar-refractivity contribution in [1.29, 1.82) is 0 Å². The number of aromatic nitrogens is 2. The first-order valence-corrected chi connectivity index (χ1v) is 13.3. The summed E-state index contributed by atoms with van der Waals surface area (Å²) < 4.78 is 0. The van der Waals surface area contributed by atoms with E-state index in [-0.39, 0.29) is 23.3 Å². The van der Waals surface area contributed by atoms with Crippen LogP contribution in [0.1, 0.15) is 31.9 Å². The van der Waals surface area contributed by atoms with E-state index >= 15 is 0 Å². The first kappa shape index (κ1) is 27.1. The lowest BCUT2D eigenvalue weighted by Gasteiger charge is -2.36. The zero-order valence-corrected chi connectivity index (χ0v) is 22.0. The highest BCUT2D eigenvalue weighted by Gasteiger charge is 2.30. The SMILES string of the molecule is CC(=O)N1CCC(C(=O)N(CCCN2CCN(Cc3cc(=O)[nH]c(=O)[nH]3)CC2)c2cccc(Cl)c2)CC1. The summed E-state index contributed by atoms with van der Waals surface area (Å²) in [6.07, 6.45) is 2.18. The molecule has 2 N–H and O–H groups in total. The number of benzene rings is 1. The average Bonchev–Trinajstić information content (AvgIpc) is 2.87. The molecule has 37 heavy (non-hydrogen) atoms. The predicted molar refractivity (Wildman–Crippen MR) is 143 cm³/mol. The van der Waals surface area contributed by atoms with Gasteiger partial charge < -0.3 is 19.7 Å². The fraction of sp³-hybridized carbons (Fsp3) is 0.538. The minimum atomic E-state index is -0.482. The van der Waals surface area contributed by atoms with Crippen LogP contribution >= 0.6 is 11.6 Å². The Morgan fingerprint density at radius 1 is 1.00 bits per heavy atom. The molecule has 11 heteroatoms. The molecule has 0 radical (unpaired) electrons. The van der Waals surface area contributed by atoms with E-state index in [1.165, 1.54) is 6.07 Å². The van der Waals surface area contributed by atoms with Gasteiger partial charge >= 0.3 is 5.69 Å². The Morgan fingerprint density at radius 3 is 2.35 bits per heavy atom. The van der Waals surface area contributed by atoms with E-state index in [0.29, 0.717) is 49.7 Å². The normalized spacial score (nSPS) is 17.6. The van der Waals surface area contributed by atoms with Crippen LogP contribution in [0.25, 0.3) is 0 Å². The third kappa shape index (κ3) is 7.53. The molecule has 2 aliphatic rings. The molecule has 0 aliphatic carbocycles. The largest absolute Gasteiger partial charge is 0.343 e. The lowest BCUT2D eigenvalue weighted by Crippen LogP contribution is -2.47. The standard InChI is InChI=1S/C26H35ClN6O4/c1-19(34)32-10-6-20(7-11-32)25(36)33(23-5-2-4-21(27)16-23)9-3-8-30-12-14-31(15-13-30)18-22-17-24(35)29-26(37)28-22/h2,4-5,16-17,20H,3,6-15,18H2,1H3,(H2,28,29,35,37). The molecule has 10 nitrogen and oxygen atoms in total. The third-order valence-corrected chi connectivity index (χ3v) is 7.44. The number of hydrogen-bond donors (Lipinski definition) is 2. The van der Waals surface area contributed by atoms with Crippen molar-refractivity contribution in [3.63, 3.8) is 0 Å². The zero-order valence-electron chi connectivity index (χ0n) is 21.2. The number of likely N-dealkylation sites (tertiary alicyclic amines) is 1. The molecule has 0 saturated carbocycles. The zero-order chi connectivity index (χ0) is 26.4. The van der Waals surface area contributed by atoms with Crippen LogP contribution in [0.4, 0.5) is 5.69 Å². The number of carbonyl (C=O) groups excluding carboxylic acids is 2. The van der Waals surface area contributed by atoms with Gasteiger partial charge in [-0.1, -0.05) is 17.7 Å². The number of H-pyrrole nitrogens is 2. The number of nitrogens with one attached hydrogen (secondary N) is 2. The molecule has 1 aromatic carbocycles. The third-order valence-electron chi connectivity index (χ3n) is 7.21. The number of nitrogens with zero attached hydrogens (tertiary/aromatic N) is 4. The highest BCUT2D eigenvalue weighted by atomic mass is 35.5. The molecule has 1 aromatic heterocycles. The van der Waals surface area contributed by atoms with Gasteiger partial charge in [-0.2, -0.15) is 0 Å². The molecule has 4 rings (SSSR count).